The van der Waals surface area contributed by atoms with Gasteiger partial charge in [-0.2, -0.15) is 0 Å². The zero-order chi connectivity index (χ0) is 13.8. The molecule has 0 aliphatic carbocycles. The van der Waals surface area contributed by atoms with E-state index in [1.807, 2.05) is 11.8 Å². The highest BCUT2D eigenvalue weighted by Crippen LogP contribution is 2.31. The molecule has 3 heteroatoms. The summed E-state index contributed by atoms with van der Waals surface area (Å²) in [6.45, 7) is 4.39. The van der Waals surface area contributed by atoms with Gasteiger partial charge in [-0.1, -0.05) is 30.3 Å². The first-order chi connectivity index (χ1) is 9.84. The van der Waals surface area contributed by atoms with Crippen molar-refractivity contribution in [2.24, 2.45) is 0 Å². The third-order valence-corrected chi connectivity index (χ3v) is 4.67. The fraction of sp³-hybridized carbons (Fsp3) is 0.294. The lowest BCUT2D eigenvalue weighted by Crippen LogP contribution is -2.43. The zero-order valence-corrected chi connectivity index (χ0v) is 12.6. The molecule has 2 aromatic rings. The molecule has 1 unspecified atom stereocenters. The highest BCUT2D eigenvalue weighted by atomic mass is 32.2. The molecule has 1 aliphatic heterocycles. The van der Waals surface area contributed by atoms with Crippen LogP contribution in [0, 0.1) is 0 Å². The van der Waals surface area contributed by atoms with E-state index in [1.165, 1.54) is 16.3 Å². The first kappa shape index (κ1) is 13.4. The molecule has 0 spiro atoms. The molecule has 0 saturated heterocycles. The molecule has 1 N–H and O–H groups in total. The molecule has 0 amide bonds. The van der Waals surface area contributed by atoms with Crippen molar-refractivity contribution in [2.45, 2.75) is 17.9 Å². The molecule has 0 radical (unpaired) electrons. The van der Waals surface area contributed by atoms with Gasteiger partial charge < -0.3 is 10.2 Å². The van der Waals surface area contributed by atoms with Crippen LogP contribution in [0.4, 0.5) is 11.4 Å². The maximum atomic E-state index is 3.50. The zero-order valence-electron chi connectivity index (χ0n) is 11.8. The minimum absolute atomic E-state index is 0.543. The van der Waals surface area contributed by atoms with Gasteiger partial charge in [0.25, 0.3) is 0 Å². The second kappa shape index (κ2) is 6.23. The van der Waals surface area contributed by atoms with Crippen molar-refractivity contribution in [1.29, 1.82) is 0 Å². The molecule has 104 valence electrons. The van der Waals surface area contributed by atoms with Crippen LogP contribution < -0.4 is 10.2 Å². The van der Waals surface area contributed by atoms with E-state index in [4.69, 9.17) is 0 Å². The second-order valence-corrected chi connectivity index (χ2v) is 6.27. The van der Waals surface area contributed by atoms with E-state index in [2.05, 4.69) is 71.7 Å². The number of nitrogens with one attached hydrogen (secondary N) is 1. The quantitative estimate of drug-likeness (QED) is 0.851. The van der Waals surface area contributed by atoms with Crippen molar-refractivity contribution in [3.8, 4) is 0 Å². The Morgan fingerprint density at radius 1 is 1.10 bits per heavy atom. The van der Waals surface area contributed by atoms with Gasteiger partial charge in [0.1, 0.15) is 0 Å². The Morgan fingerprint density at radius 2 is 1.85 bits per heavy atom. The largest absolute Gasteiger partial charge is 0.381 e. The van der Waals surface area contributed by atoms with Crippen LogP contribution in [0.2, 0.25) is 0 Å². The average Bonchev–Trinajstić information content (AvgIpc) is 2.50. The fourth-order valence-corrected chi connectivity index (χ4v) is 3.47. The molecule has 1 aliphatic rings. The van der Waals surface area contributed by atoms with Crippen molar-refractivity contribution in [2.75, 3.05) is 29.1 Å². The Bertz CT molecular complexity index is 556. The highest BCUT2D eigenvalue weighted by molar-refractivity contribution is 7.99. The van der Waals surface area contributed by atoms with Gasteiger partial charge in [-0.05, 0) is 31.2 Å². The van der Waals surface area contributed by atoms with Gasteiger partial charge in [-0.25, -0.2) is 0 Å². The van der Waals surface area contributed by atoms with Gasteiger partial charge in [0.15, 0.2) is 0 Å². The maximum Gasteiger partial charge on any atom is 0.0605 e. The van der Waals surface area contributed by atoms with Gasteiger partial charge in [0.2, 0.25) is 0 Å². The molecule has 0 aromatic heterocycles. The average molecular weight is 284 g/mol. The second-order valence-electron chi connectivity index (χ2n) is 5.10. The Morgan fingerprint density at radius 3 is 2.70 bits per heavy atom. The number of para-hydroxylation sites is 2. The predicted octanol–water partition coefficient (Wildman–Crippen LogP) is 4.10. The number of nitrogens with zero attached hydrogens (tertiary/aromatic N) is 1. The van der Waals surface area contributed by atoms with E-state index in [1.54, 1.807) is 0 Å². The van der Waals surface area contributed by atoms with E-state index < -0.39 is 0 Å². The topological polar surface area (TPSA) is 15.3 Å². The molecule has 20 heavy (non-hydrogen) atoms. The number of hydrogen-bond donors (Lipinski definition) is 1. The van der Waals surface area contributed by atoms with Crippen molar-refractivity contribution in [1.82, 2.24) is 0 Å². The Labute approximate surface area is 125 Å². The monoisotopic (exact) mass is 284 g/mol. The van der Waals surface area contributed by atoms with Crippen LogP contribution in [-0.2, 0) is 0 Å². The Kier molecular flexibility index (Phi) is 4.16. The van der Waals surface area contributed by atoms with E-state index in [0.29, 0.717) is 6.04 Å². The summed E-state index contributed by atoms with van der Waals surface area (Å²) in [6, 6.07) is 19.8. The van der Waals surface area contributed by atoms with E-state index >= 15 is 0 Å². The molecule has 1 heterocycles. The minimum atomic E-state index is 0.543. The Hall–Kier alpha value is -1.61. The number of fused-ring (bicyclic) bond motifs is 1. The van der Waals surface area contributed by atoms with Crippen molar-refractivity contribution >= 4 is 23.1 Å². The van der Waals surface area contributed by atoms with Crippen LogP contribution >= 0.6 is 11.8 Å². The SMILES string of the molecule is CC1CNc2ccccc2N1CCSc1ccccc1. The number of hydrogen-bond acceptors (Lipinski definition) is 3. The standard InChI is InChI=1S/C17H20N2S/c1-14-13-18-16-9-5-6-10-17(16)19(14)11-12-20-15-7-3-2-4-8-15/h2-10,14,18H,11-13H2,1H3. The summed E-state index contributed by atoms with van der Waals surface area (Å²) in [7, 11) is 0. The van der Waals surface area contributed by atoms with E-state index in [0.717, 1.165) is 18.8 Å². The van der Waals surface area contributed by atoms with Crippen molar-refractivity contribution in [3.63, 3.8) is 0 Å². The van der Waals surface area contributed by atoms with E-state index in [9.17, 15) is 0 Å². The lowest BCUT2D eigenvalue weighted by Gasteiger charge is -2.37. The number of thioether (sulfide) groups is 1. The summed E-state index contributed by atoms with van der Waals surface area (Å²) in [4.78, 5) is 3.87. The molecule has 0 saturated carbocycles. The van der Waals surface area contributed by atoms with Crippen LogP contribution in [0.3, 0.4) is 0 Å². The molecule has 1 atom stereocenters. The first-order valence-electron chi connectivity index (χ1n) is 7.12. The van der Waals surface area contributed by atoms with Gasteiger partial charge >= 0.3 is 0 Å². The highest BCUT2D eigenvalue weighted by Gasteiger charge is 2.21. The first-order valence-corrected chi connectivity index (χ1v) is 8.10. The number of rotatable bonds is 4. The van der Waals surface area contributed by atoms with Crippen LogP contribution in [0.25, 0.3) is 0 Å². The lowest BCUT2D eigenvalue weighted by molar-refractivity contribution is 0.661. The van der Waals surface area contributed by atoms with Crippen molar-refractivity contribution in [3.05, 3.63) is 54.6 Å². The maximum absolute atomic E-state index is 3.50. The normalized spacial score (nSPS) is 17.4. The molecule has 0 fully saturated rings. The van der Waals surface area contributed by atoms with Crippen molar-refractivity contribution < 1.29 is 0 Å². The van der Waals surface area contributed by atoms with Crippen LogP contribution in [0.15, 0.2) is 59.5 Å². The predicted molar refractivity (Wildman–Crippen MR) is 88.9 cm³/mol. The molecular formula is C17H20N2S. The van der Waals surface area contributed by atoms with Gasteiger partial charge in [-0.3, -0.25) is 0 Å². The summed E-state index contributed by atoms with van der Waals surface area (Å²) < 4.78 is 0. The third-order valence-electron chi connectivity index (χ3n) is 3.68. The fourth-order valence-electron chi connectivity index (χ4n) is 2.60. The summed E-state index contributed by atoms with van der Waals surface area (Å²) in [5, 5.41) is 3.50. The molecule has 2 aromatic carbocycles. The van der Waals surface area contributed by atoms with E-state index in [-0.39, 0.29) is 0 Å². The molecule has 2 nitrogen and oxygen atoms in total. The number of benzene rings is 2. The van der Waals surface area contributed by atoms with Crippen LogP contribution in [0.1, 0.15) is 6.92 Å². The summed E-state index contributed by atoms with van der Waals surface area (Å²) >= 11 is 1.93. The van der Waals surface area contributed by atoms with Crippen LogP contribution in [-0.4, -0.2) is 24.9 Å². The minimum Gasteiger partial charge on any atom is -0.381 e. The number of anilines is 2. The third kappa shape index (κ3) is 2.93. The molecule has 3 rings (SSSR count). The summed E-state index contributed by atoms with van der Waals surface area (Å²) in [6.07, 6.45) is 0. The smallest absolute Gasteiger partial charge is 0.0605 e. The molecule has 0 bridgehead atoms. The molecular weight excluding hydrogens is 264 g/mol. The summed E-state index contributed by atoms with van der Waals surface area (Å²) in [5.41, 5.74) is 2.59. The summed E-state index contributed by atoms with van der Waals surface area (Å²) in [5.74, 6) is 1.11. The lowest BCUT2D eigenvalue weighted by atomic mass is 10.1. The van der Waals surface area contributed by atoms with Crippen LogP contribution in [0.5, 0.6) is 0 Å². The van der Waals surface area contributed by atoms with Gasteiger partial charge in [0, 0.05) is 29.8 Å². The Balaban J connectivity index is 1.65. The van der Waals surface area contributed by atoms with Gasteiger partial charge in [-0.15, -0.1) is 11.8 Å². The van der Waals surface area contributed by atoms with Gasteiger partial charge in [0.05, 0.1) is 11.4 Å².